The first-order valence-electron chi connectivity index (χ1n) is 10.9. The van der Waals surface area contributed by atoms with Gasteiger partial charge in [-0.3, -0.25) is 4.90 Å². The van der Waals surface area contributed by atoms with Crippen molar-refractivity contribution in [3.63, 3.8) is 0 Å². The molecule has 5 atom stereocenters. The van der Waals surface area contributed by atoms with Crippen LogP contribution in [0.4, 0.5) is 0 Å². The first-order valence-corrected chi connectivity index (χ1v) is 10.9. The van der Waals surface area contributed by atoms with Crippen molar-refractivity contribution in [3.8, 4) is 0 Å². The van der Waals surface area contributed by atoms with Gasteiger partial charge in [-0.15, -0.1) is 0 Å². The number of ether oxygens (including phenoxy) is 1. The Morgan fingerprint density at radius 1 is 1.04 bits per heavy atom. The summed E-state index contributed by atoms with van der Waals surface area (Å²) in [6.45, 7) is 5.76. The summed E-state index contributed by atoms with van der Waals surface area (Å²) in [5.41, 5.74) is 2.73. The molecule has 4 fully saturated rings. The Morgan fingerprint density at radius 3 is 2.70 bits per heavy atom. The zero-order valence-electron chi connectivity index (χ0n) is 16.3. The molecular weight excluding hydrogens is 336 g/mol. The molecule has 0 N–H and O–H groups in total. The smallest absolute Gasteiger partial charge is 0.121 e. The van der Waals surface area contributed by atoms with Gasteiger partial charge in [0.25, 0.3) is 0 Å². The number of nitrogens with zero attached hydrogens (tertiary/aromatic N) is 2. The van der Waals surface area contributed by atoms with Crippen LogP contribution in [0.15, 0.2) is 35.5 Å². The van der Waals surface area contributed by atoms with Crippen molar-refractivity contribution in [1.82, 2.24) is 4.90 Å². The number of benzene rings is 1. The molecule has 0 amide bonds. The zero-order valence-corrected chi connectivity index (χ0v) is 16.3. The van der Waals surface area contributed by atoms with E-state index in [0.717, 1.165) is 57.0 Å². The van der Waals surface area contributed by atoms with Crippen LogP contribution in [0.5, 0.6) is 0 Å². The molecule has 4 aliphatic rings. The van der Waals surface area contributed by atoms with Crippen LogP contribution in [-0.2, 0) is 16.0 Å². The van der Waals surface area contributed by atoms with Crippen LogP contribution in [0.3, 0.4) is 0 Å². The van der Waals surface area contributed by atoms with E-state index >= 15 is 0 Å². The van der Waals surface area contributed by atoms with Crippen molar-refractivity contribution in [3.05, 3.63) is 35.9 Å². The zero-order chi connectivity index (χ0) is 18.1. The molecular formula is C23H32N2O2. The summed E-state index contributed by atoms with van der Waals surface area (Å²) in [6.07, 6.45) is 6.60. The van der Waals surface area contributed by atoms with Crippen LogP contribution in [0.2, 0.25) is 0 Å². The minimum absolute atomic E-state index is 0.615. The fraction of sp³-hybridized carbons (Fsp3) is 0.696. The van der Waals surface area contributed by atoms with Gasteiger partial charge in [-0.1, -0.05) is 41.9 Å². The molecule has 0 spiro atoms. The third kappa shape index (κ3) is 3.54. The minimum Gasteiger partial charge on any atom is -0.395 e. The monoisotopic (exact) mass is 368 g/mol. The second-order valence-electron chi connectivity index (χ2n) is 8.87. The summed E-state index contributed by atoms with van der Waals surface area (Å²) in [7, 11) is 0. The van der Waals surface area contributed by atoms with E-state index < -0.39 is 0 Å². The Morgan fingerprint density at radius 2 is 1.85 bits per heavy atom. The predicted octanol–water partition coefficient (Wildman–Crippen LogP) is 3.62. The Bertz CT molecular complexity index is 656. The Balaban J connectivity index is 1.26. The molecule has 0 unspecified atom stereocenters. The summed E-state index contributed by atoms with van der Waals surface area (Å²) < 4.78 is 5.55. The normalized spacial score (nSPS) is 37.0. The molecule has 5 rings (SSSR count). The van der Waals surface area contributed by atoms with Gasteiger partial charge in [0.05, 0.1) is 18.9 Å². The van der Waals surface area contributed by atoms with Crippen molar-refractivity contribution in [2.24, 2.45) is 34.7 Å². The minimum atomic E-state index is 0.615. The average Bonchev–Trinajstić information content (AvgIpc) is 3.40. The Labute approximate surface area is 162 Å². The van der Waals surface area contributed by atoms with Crippen LogP contribution in [-0.4, -0.2) is 50.1 Å². The van der Waals surface area contributed by atoms with Gasteiger partial charge in [0.15, 0.2) is 0 Å². The van der Waals surface area contributed by atoms with E-state index in [1.165, 1.54) is 37.0 Å². The Kier molecular flexibility index (Phi) is 5.19. The molecule has 3 saturated carbocycles. The van der Waals surface area contributed by atoms with Crippen molar-refractivity contribution in [2.45, 2.75) is 32.1 Å². The highest BCUT2D eigenvalue weighted by atomic mass is 16.6. The molecule has 1 aromatic rings. The molecule has 1 saturated heterocycles. The summed E-state index contributed by atoms with van der Waals surface area (Å²) in [5.74, 6) is 4.02. The van der Waals surface area contributed by atoms with E-state index in [0.29, 0.717) is 18.4 Å². The molecule has 3 aliphatic carbocycles. The van der Waals surface area contributed by atoms with Gasteiger partial charge in [0.2, 0.25) is 0 Å². The maximum absolute atomic E-state index is 5.89. The topological polar surface area (TPSA) is 34.1 Å². The molecule has 0 aromatic heterocycles. The van der Waals surface area contributed by atoms with Crippen LogP contribution in [0, 0.1) is 29.6 Å². The third-order valence-corrected chi connectivity index (χ3v) is 7.55. The first-order chi connectivity index (χ1) is 13.4. The van der Waals surface area contributed by atoms with Gasteiger partial charge >= 0.3 is 0 Å². The molecule has 4 heteroatoms. The summed E-state index contributed by atoms with van der Waals surface area (Å²) in [5, 5.41) is 4.79. The highest BCUT2D eigenvalue weighted by molar-refractivity contribution is 5.92. The van der Waals surface area contributed by atoms with Crippen molar-refractivity contribution in [1.29, 1.82) is 0 Å². The van der Waals surface area contributed by atoms with Crippen LogP contribution in [0.1, 0.15) is 31.2 Å². The Hall–Kier alpha value is -1.39. The maximum atomic E-state index is 5.89. The summed E-state index contributed by atoms with van der Waals surface area (Å²) >= 11 is 0. The number of hydrogen-bond acceptors (Lipinski definition) is 4. The standard InChI is InChI=1S/C23H32N2O2/c1-2-5-17(6-3-1)9-12-27-24-23-21-15-20(18-7-4-8-19(18)21)22(23)16-25-10-13-26-14-11-25/h1-3,5-6,18-22H,4,7-16H2/b24-23+/t18-,19+,20-,21+,22-/m1/s1. The second kappa shape index (κ2) is 7.92. The molecule has 1 aromatic carbocycles. The van der Waals surface area contributed by atoms with E-state index in [4.69, 9.17) is 14.7 Å². The molecule has 146 valence electrons. The average molecular weight is 369 g/mol. The number of rotatable bonds is 6. The molecule has 1 heterocycles. The first kappa shape index (κ1) is 17.7. The lowest BCUT2D eigenvalue weighted by Gasteiger charge is -2.36. The number of oxime groups is 1. The van der Waals surface area contributed by atoms with Crippen LogP contribution in [0.25, 0.3) is 0 Å². The second-order valence-corrected chi connectivity index (χ2v) is 8.87. The van der Waals surface area contributed by atoms with E-state index in [-0.39, 0.29) is 0 Å². The number of fused-ring (bicyclic) bond motifs is 5. The van der Waals surface area contributed by atoms with Gasteiger partial charge in [0, 0.05) is 37.9 Å². The van der Waals surface area contributed by atoms with Crippen molar-refractivity contribution in [2.75, 3.05) is 39.5 Å². The van der Waals surface area contributed by atoms with E-state index in [2.05, 4.69) is 35.2 Å². The van der Waals surface area contributed by atoms with Gasteiger partial charge in [-0.2, -0.15) is 0 Å². The highest BCUT2D eigenvalue weighted by Gasteiger charge is 2.57. The van der Waals surface area contributed by atoms with Gasteiger partial charge in [-0.05, 0) is 42.6 Å². The molecule has 4 nitrogen and oxygen atoms in total. The van der Waals surface area contributed by atoms with Gasteiger partial charge in [0.1, 0.15) is 6.61 Å². The van der Waals surface area contributed by atoms with Gasteiger partial charge < -0.3 is 9.57 Å². The van der Waals surface area contributed by atoms with Crippen LogP contribution >= 0.6 is 0 Å². The van der Waals surface area contributed by atoms with Crippen molar-refractivity contribution < 1.29 is 9.57 Å². The molecule has 0 radical (unpaired) electrons. The molecule has 27 heavy (non-hydrogen) atoms. The third-order valence-electron chi connectivity index (χ3n) is 7.55. The molecule has 1 aliphatic heterocycles. The molecule has 2 bridgehead atoms. The van der Waals surface area contributed by atoms with E-state index in [1.807, 2.05) is 0 Å². The summed E-state index contributed by atoms with van der Waals surface area (Å²) in [6, 6.07) is 10.6. The van der Waals surface area contributed by atoms with E-state index in [1.54, 1.807) is 0 Å². The summed E-state index contributed by atoms with van der Waals surface area (Å²) in [4.78, 5) is 8.48. The maximum Gasteiger partial charge on any atom is 0.121 e. The van der Waals surface area contributed by atoms with Gasteiger partial charge in [-0.25, -0.2) is 0 Å². The van der Waals surface area contributed by atoms with Crippen molar-refractivity contribution >= 4 is 5.71 Å². The lowest BCUT2D eigenvalue weighted by Crippen LogP contribution is -2.44. The highest BCUT2D eigenvalue weighted by Crippen LogP contribution is 2.59. The predicted molar refractivity (Wildman–Crippen MR) is 107 cm³/mol. The largest absolute Gasteiger partial charge is 0.395 e. The lowest BCUT2D eigenvalue weighted by molar-refractivity contribution is 0.0291. The fourth-order valence-electron chi connectivity index (χ4n) is 6.34. The van der Waals surface area contributed by atoms with Crippen LogP contribution < -0.4 is 0 Å². The SMILES string of the molecule is c1ccc(CCO/N=C2\[C@H]3C[C@H]([C@@H]4CCC[C@@H]43)[C@H]2CN2CCOCC2)cc1. The quantitative estimate of drug-likeness (QED) is 0.568. The lowest BCUT2D eigenvalue weighted by atomic mass is 9.74. The number of hydrogen-bond donors (Lipinski definition) is 0. The number of morpholine rings is 1. The fourth-order valence-corrected chi connectivity index (χ4v) is 6.34. The van der Waals surface area contributed by atoms with E-state index in [9.17, 15) is 0 Å².